The monoisotopic (exact) mass is 226 g/mol. The molecule has 0 radical (unpaired) electrons. The lowest BCUT2D eigenvalue weighted by atomic mass is 9.94. The molecule has 0 saturated carbocycles. The van der Waals surface area contributed by atoms with Crippen molar-refractivity contribution in [3.63, 3.8) is 0 Å². The van der Waals surface area contributed by atoms with Gasteiger partial charge in [0.05, 0.1) is 7.11 Å². The topological polar surface area (TPSA) is 46.5 Å². The molecule has 0 amide bonds. The number of carbonyl (C=O) groups is 1. The summed E-state index contributed by atoms with van der Waals surface area (Å²) in [7, 11) is 1.30. The van der Waals surface area contributed by atoms with Gasteiger partial charge in [0.2, 0.25) is 0 Å². The zero-order valence-corrected chi connectivity index (χ0v) is 9.47. The van der Waals surface area contributed by atoms with Crippen molar-refractivity contribution in [2.24, 2.45) is 0 Å². The summed E-state index contributed by atoms with van der Waals surface area (Å²) in [5.41, 5.74) is 1.92. The zero-order valence-electron chi connectivity index (χ0n) is 8.66. The predicted molar refractivity (Wildman–Crippen MR) is 57.9 cm³/mol. The fourth-order valence-corrected chi connectivity index (χ4v) is 3.15. The van der Waals surface area contributed by atoms with Crippen molar-refractivity contribution in [1.29, 1.82) is 0 Å². The van der Waals surface area contributed by atoms with E-state index >= 15 is 0 Å². The van der Waals surface area contributed by atoms with Crippen LogP contribution in [0.3, 0.4) is 0 Å². The number of thiophene rings is 1. The fraction of sp³-hybridized carbons (Fsp3) is 0.545. The van der Waals surface area contributed by atoms with Gasteiger partial charge in [0.25, 0.3) is 0 Å². The molecule has 0 saturated heterocycles. The van der Waals surface area contributed by atoms with Crippen molar-refractivity contribution in [3.05, 3.63) is 21.4 Å². The largest absolute Gasteiger partial charge is 0.467 e. The molecule has 1 N–H and O–H groups in total. The van der Waals surface area contributed by atoms with Crippen molar-refractivity contribution < 1.29 is 14.6 Å². The number of esters is 1. The highest BCUT2D eigenvalue weighted by Gasteiger charge is 2.25. The molecule has 1 aliphatic rings. The molecule has 1 unspecified atom stereocenters. The molecule has 3 nitrogen and oxygen atoms in total. The fourth-order valence-electron chi connectivity index (χ4n) is 1.99. The number of carbonyl (C=O) groups excluding carboxylic acids is 1. The lowest BCUT2D eigenvalue weighted by Crippen LogP contribution is -2.15. The van der Waals surface area contributed by atoms with Crippen LogP contribution in [0, 0.1) is 0 Å². The van der Waals surface area contributed by atoms with Crippen LogP contribution in [-0.2, 0) is 22.4 Å². The van der Waals surface area contributed by atoms with Gasteiger partial charge < -0.3 is 9.84 Å². The number of aliphatic hydroxyl groups excluding tert-OH is 1. The summed E-state index contributed by atoms with van der Waals surface area (Å²) in [6, 6.07) is 0. The second-order valence-corrected chi connectivity index (χ2v) is 4.69. The number of aliphatic hydroxyl groups is 1. The van der Waals surface area contributed by atoms with Gasteiger partial charge >= 0.3 is 5.97 Å². The maximum Gasteiger partial charge on any atom is 0.339 e. The van der Waals surface area contributed by atoms with Crippen LogP contribution in [0.1, 0.15) is 34.9 Å². The summed E-state index contributed by atoms with van der Waals surface area (Å²) in [5, 5.41) is 11.7. The SMILES string of the molecule is COC(=O)C(O)c1csc2c1CCCC2. The summed E-state index contributed by atoms with van der Waals surface area (Å²) in [6.45, 7) is 0. The molecule has 1 atom stereocenters. The number of methoxy groups -OCH3 is 1. The highest BCUT2D eigenvalue weighted by Crippen LogP contribution is 2.33. The first-order chi connectivity index (χ1) is 7.24. The quantitative estimate of drug-likeness (QED) is 0.783. The van der Waals surface area contributed by atoms with E-state index in [9.17, 15) is 9.90 Å². The minimum Gasteiger partial charge on any atom is -0.467 e. The Hall–Kier alpha value is -0.870. The van der Waals surface area contributed by atoms with Gasteiger partial charge in [0, 0.05) is 10.4 Å². The van der Waals surface area contributed by atoms with Gasteiger partial charge in [-0.25, -0.2) is 4.79 Å². The van der Waals surface area contributed by atoms with Gasteiger partial charge in [0.1, 0.15) is 0 Å². The summed E-state index contributed by atoms with van der Waals surface area (Å²) in [4.78, 5) is 12.5. The molecule has 15 heavy (non-hydrogen) atoms. The highest BCUT2D eigenvalue weighted by molar-refractivity contribution is 7.10. The first kappa shape index (κ1) is 10.6. The Kier molecular flexibility index (Phi) is 3.07. The van der Waals surface area contributed by atoms with E-state index in [0.717, 1.165) is 24.8 Å². The van der Waals surface area contributed by atoms with E-state index in [4.69, 9.17) is 0 Å². The maximum absolute atomic E-state index is 11.2. The Labute approximate surface area is 92.7 Å². The number of ether oxygens (including phenoxy) is 1. The zero-order chi connectivity index (χ0) is 10.8. The second kappa shape index (κ2) is 4.33. The van der Waals surface area contributed by atoms with E-state index in [1.165, 1.54) is 24.0 Å². The molecule has 0 aromatic carbocycles. The number of rotatable bonds is 2. The molecule has 0 spiro atoms. The number of hydrogen-bond acceptors (Lipinski definition) is 4. The third-order valence-corrected chi connectivity index (χ3v) is 3.92. The highest BCUT2D eigenvalue weighted by atomic mass is 32.1. The molecule has 0 fully saturated rings. The van der Waals surface area contributed by atoms with Crippen molar-refractivity contribution in [2.75, 3.05) is 7.11 Å². The second-order valence-electron chi connectivity index (χ2n) is 3.73. The van der Waals surface area contributed by atoms with Crippen LogP contribution in [0.5, 0.6) is 0 Å². The van der Waals surface area contributed by atoms with Gasteiger partial charge in [-0.3, -0.25) is 0 Å². The molecular weight excluding hydrogens is 212 g/mol. The van der Waals surface area contributed by atoms with Crippen LogP contribution in [-0.4, -0.2) is 18.2 Å². The maximum atomic E-state index is 11.2. The number of fused-ring (bicyclic) bond motifs is 1. The van der Waals surface area contributed by atoms with E-state index in [1.54, 1.807) is 11.3 Å². The summed E-state index contributed by atoms with van der Waals surface area (Å²) >= 11 is 1.64. The Bertz CT molecular complexity index is 370. The van der Waals surface area contributed by atoms with Crippen LogP contribution in [0.25, 0.3) is 0 Å². The average Bonchev–Trinajstić information content (AvgIpc) is 2.70. The molecule has 1 aromatic heterocycles. The Morgan fingerprint density at radius 1 is 1.53 bits per heavy atom. The van der Waals surface area contributed by atoms with E-state index in [0.29, 0.717) is 0 Å². The molecule has 1 heterocycles. The molecule has 0 bridgehead atoms. The third kappa shape index (κ3) is 1.92. The van der Waals surface area contributed by atoms with E-state index in [2.05, 4.69) is 4.74 Å². The van der Waals surface area contributed by atoms with Gasteiger partial charge in [-0.15, -0.1) is 11.3 Å². The van der Waals surface area contributed by atoms with Crippen LogP contribution in [0.2, 0.25) is 0 Å². The molecule has 0 aliphatic heterocycles. The summed E-state index contributed by atoms with van der Waals surface area (Å²) in [5.74, 6) is -0.568. The first-order valence-corrected chi connectivity index (χ1v) is 5.97. The molecule has 1 aliphatic carbocycles. The van der Waals surface area contributed by atoms with Gasteiger partial charge in [-0.1, -0.05) is 0 Å². The number of aryl methyl sites for hydroxylation is 1. The van der Waals surface area contributed by atoms with E-state index in [1.807, 2.05) is 5.38 Å². The van der Waals surface area contributed by atoms with Crippen molar-refractivity contribution in [2.45, 2.75) is 31.8 Å². The molecule has 4 heteroatoms. The van der Waals surface area contributed by atoms with Gasteiger partial charge in [0.15, 0.2) is 6.10 Å². The Morgan fingerprint density at radius 2 is 2.27 bits per heavy atom. The number of hydrogen-bond donors (Lipinski definition) is 1. The van der Waals surface area contributed by atoms with Gasteiger partial charge in [-0.05, 0) is 36.6 Å². The Balaban J connectivity index is 2.28. The Morgan fingerprint density at radius 3 is 3.00 bits per heavy atom. The van der Waals surface area contributed by atoms with E-state index in [-0.39, 0.29) is 0 Å². The summed E-state index contributed by atoms with van der Waals surface area (Å²) in [6.07, 6.45) is 3.30. The third-order valence-electron chi connectivity index (χ3n) is 2.81. The van der Waals surface area contributed by atoms with Crippen molar-refractivity contribution in [1.82, 2.24) is 0 Å². The van der Waals surface area contributed by atoms with Crippen molar-refractivity contribution in [3.8, 4) is 0 Å². The smallest absolute Gasteiger partial charge is 0.339 e. The molecule has 82 valence electrons. The van der Waals surface area contributed by atoms with Gasteiger partial charge in [-0.2, -0.15) is 0 Å². The van der Waals surface area contributed by atoms with Crippen LogP contribution < -0.4 is 0 Å². The molecular formula is C11H14O3S. The van der Waals surface area contributed by atoms with E-state index < -0.39 is 12.1 Å². The predicted octanol–water partition coefficient (Wildman–Crippen LogP) is 1.83. The lowest BCUT2D eigenvalue weighted by Gasteiger charge is -2.14. The van der Waals surface area contributed by atoms with Crippen LogP contribution >= 0.6 is 11.3 Å². The first-order valence-electron chi connectivity index (χ1n) is 5.09. The molecule has 2 rings (SSSR count). The standard InChI is InChI=1S/C11H14O3S/c1-14-11(13)10(12)8-6-15-9-5-3-2-4-7(8)9/h6,10,12H,2-5H2,1H3. The average molecular weight is 226 g/mol. The van der Waals surface area contributed by atoms with Crippen molar-refractivity contribution >= 4 is 17.3 Å². The molecule has 1 aromatic rings. The lowest BCUT2D eigenvalue weighted by molar-refractivity contribution is -0.150. The summed E-state index contributed by atoms with van der Waals surface area (Å²) < 4.78 is 4.54. The minimum absolute atomic E-state index is 0.568. The van der Waals surface area contributed by atoms with Crippen LogP contribution in [0.15, 0.2) is 5.38 Å². The normalized spacial score (nSPS) is 16.9. The minimum atomic E-state index is -1.10. The van der Waals surface area contributed by atoms with Crippen LogP contribution in [0.4, 0.5) is 0 Å².